The van der Waals surface area contributed by atoms with Crippen LogP contribution in [0.5, 0.6) is 17.2 Å². The topological polar surface area (TPSA) is 77.0 Å². The van der Waals surface area contributed by atoms with Gasteiger partial charge in [0.15, 0.2) is 17.6 Å². The molecule has 6 heteroatoms. The average Bonchev–Trinajstić information content (AvgIpc) is 2.71. The molecule has 0 heterocycles. The number of hydrogen-bond donors (Lipinski definition) is 2. The molecule has 0 aliphatic rings. The quantitative estimate of drug-likeness (QED) is 0.514. The van der Waals surface area contributed by atoms with Gasteiger partial charge in [-0.25, -0.2) is 0 Å². The van der Waals surface area contributed by atoms with Gasteiger partial charge in [-0.3, -0.25) is 4.79 Å². The highest BCUT2D eigenvalue weighted by Gasteiger charge is 2.17. The second-order valence-corrected chi connectivity index (χ2v) is 6.19. The Morgan fingerprint density at radius 1 is 1.14 bits per heavy atom. The van der Waals surface area contributed by atoms with Crippen molar-refractivity contribution in [3.63, 3.8) is 0 Å². The Morgan fingerprint density at radius 3 is 2.61 bits per heavy atom. The molecule has 2 N–H and O–H groups in total. The van der Waals surface area contributed by atoms with E-state index in [-0.39, 0.29) is 19.8 Å². The van der Waals surface area contributed by atoms with Crippen molar-refractivity contribution in [2.45, 2.75) is 20.0 Å². The van der Waals surface area contributed by atoms with Crippen LogP contribution in [0.4, 0.5) is 0 Å². The fourth-order valence-corrected chi connectivity index (χ4v) is 2.50. The van der Waals surface area contributed by atoms with Crippen molar-refractivity contribution in [1.82, 2.24) is 5.32 Å². The van der Waals surface area contributed by atoms with Crippen molar-refractivity contribution in [2.24, 2.45) is 0 Å². The highest BCUT2D eigenvalue weighted by atomic mass is 16.5. The molecule has 2 aromatic rings. The molecule has 2 rings (SSSR count). The van der Waals surface area contributed by atoms with Crippen LogP contribution in [0.3, 0.4) is 0 Å². The summed E-state index contributed by atoms with van der Waals surface area (Å²) in [5, 5.41) is 12.9. The van der Waals surface area contributed by atoms with E-state index in [0.717, 1.165) is 11.1 Å². The molecule has 0 saturated heterocycles. The largest absolute Gasteiger partial charge is 0.493 e. The Morgan fingerprint density at radius 2 is 1.93 bits per heavy atom. The minimum Gasteiger partial charge on any atom is -0.493 e. The second kappa shape index (κ2) is 10.2. The second-order valence-electron chi connectivity index (χ2n) is 6.19. The lowest BCUT2D eigenvalue weighted by atomic mass is 10.0. The Balaban J connectivity index is 1.84. The number of aliphatic hydroxyl groups is 1. The van der Waals surface area contributed by atoms with Gasteiger partial charge in [-0.05, 0) is 42.7 Å². The monoisotopic (exact) mass is 383 g/mol. The van der Waals surface area contributed by atoms with Gasteiger partial charge in [-0.1, -0.05) is 24.1 Å². The van der Waals surface area contributed by atoms with E-state index in [1.165, 1.54) is 7.11 Å². The third kappa shape index (κ3) is 5.66. The molecule has 1 amide bonds. The zero-order chi connectivity index (χ0) is 20.5. The number of benzene rings is 2. The molecule has 0 bridgehead atoms. The van der Waals surface area contributed by atoms with Gasteiger partial charge in [-0.2, -0.15) is 0 Å². The fourth-order valence-electron chi connectivity index (χ4n) is 2.50. The molecule has 1 atom stereocenters. The van der Waals surface area contributed by atoms with Crippen LogP contribution < -0.4 is 19.5 Å². The summed E-state index contributed by atoms with van der Waals surface area (Å²) in [5.41, 5.74) is 2.70. The first-order chi connectivity index (χ1) is 13.5. The van der Waals surface area contributed by atoms with Gasteiger partial charge >= 0.3 is 0 Å². The van der Waals surface area contributed by atoms with Gasteiger partial charge in [0.25, 0.3) is 5.91 Å². The number of carbonyl (C=O) groups is 1. The van der Waals surface area contributed by atoms with Crippen molar-refractivity contribution < 1.29 is 24.1 Å². The summed E-state index contributed by atoms with van der Waals surface area (Å²) >= 11 is 0. The molecule has 2 aromatic carbocycles. The Bertz CT molecular complexity index is 856. The van der Waals surface area contributed by atoms with Gasteiger partial charge in [0, 0.05) is 6.07 Å². The van der Waals surface area contributed by atoms with E-state index >= 15 is 0 Å². The first-order valence-corrected chi connectivity index (χ1v) is 8.86. The molecule has 1 unspecified atom stereocenters. The molecule has 28 heavy (non-hydrogen) atoms. The predicted octanol–water partition coefficient (Wildman–Crippen LogP) is 2.55. The van der Waals surface area contributed by atoms with Crippen molar-refractivity contribution in [1.29, 1.82) is 0 Å². The van der Waals surface area contributed by atoms with Crippen LogP contribution >= 0.6 is 0 Å². The number of rotatable bonds is 9. The summed E-state index contributed by atoms with van der Waals surface area (Å²) in [6, 6.07) is 10.5. The van der Waals surface area contributed by atoms with E-state index in [0.29, 0.717) is 22.8 Å². The molecule has 0 saturated carbocycles. The average molecular weight is 383 g/mol. The molecular formula is C22H25NO5. The molecular weight excluding hydrogens is 358 g/mol. The van der Waals surface area contributed by atoms with Crippen LogP contribution in [0.15, 0.2) is 36.4 Å². The lowest BCUT2D eigenvalue weighted by Gasteiger charge is -2.14. The van der Waals surface area contributed by atoms with Gasteiger partial charge < -0.3 is 24.6 Å². The number of aliphatic hydroxyl groups excluding tert-OH is 1. The van der Waals surface area contributed by atoms with Gasteiger partial charge in [0.2, 0.25) is 0 Å². The molecule has 6 nitrogen and oxygen atoms in total. The highest BCUT2D eigenvalue weighted by Crippen LogP contribution is 2.31. The lowest BCUT2D eigenvalue weighted by molar-refractivity contribution is -0.129. The van der Waals surface area contributed by atoms with Crippen LogP contribution in [0.2, 0.25) is 0 Å². The van der Waals surface area contributed by atoms with Crippen molar-refractivity contribution >= 4 is 5.91 Å². The summed E-state index contributed by atoms with van der Waals surface area (Å²) in [6.45, 7) is 4.54. The highest BCUT2D eigenvalue weighted by molar-refractivity contribution is 5.81. The van der Waals surface area contributed by atoms with E-state index in [1.54, 1.807) is 24.3 Å². The summed E-state index contributed by atoms with van der Waals surface area (Å²) in [6.07, 6.45) is 3.97. The molecule has 0 aromatic heterocycles. The van der Waals surface area contributed by atoms with Crippen molar-refractivity contribution in [3.8, 4) is 29.6 Å². The third-order valence-electron chi connectivity index (χ3n) is 4.21. The first kappa shape index (κ1) is 21.1. The van der Waals surface area contributed by atoms with Crippen LogP contribution in [0.1, 0.15) is 22.8 Å². The fraction of sp³-hybridized carbons (Fsp3) is 0.318. The number of ether oxygens (including phenoxy) is 3. The predicted molar refractivity (Wildman–Crippen MR) is 107 cm³/mol. The van der Waals surface area contributed by atoms with E-state index in [9.17, 15) is 9.90 Å². The number of carbonyl (C=O) groups excluding carboxylic acids is 1. The van der Waals surface area contributed by atoms with Gasteiger partial charge in [-0.15, -0.1) is 6.42 Å². The molecule has 0 aliphatic heterocycles. The SMILES string of the molecule is C#CCOc1ccc(OCCNC(=O)C(O)c2ccc(C)c(C)c2)cc1OC. The zero-order valence-electron chi connectivity index (χ0n) is 16.3. The molecule has 0 fully saturated rings. The summed E-state index contributed by atoms with van der Waals surface area (Å²) in [4.78, 5) is 12.1. The van der Waals surface area contributed by atoms with Crippen molar-refractivity contribution in [3.05, 3.63) is 53.1 Å². The molecule has 0 radical (unpaired) electrons. The lowest BCUT2D eigenvalue weighted by Crippen LogP contribution is -2.32. The van der Waals surface area contributed by atoms with Gasteiger partial charge in [0.05, 0.1) is 13.7 Å². The van der Waals surface area contributed by atoms with Crippen molar-refractivity contribution in [2.75, 3.05) is 26.9 Å². The Kier molecular flexibility index (Phi) is 7.73. The van der Waals surface area contributed by atoms with Crippen LogP contribution in [-0.4, -0.2) is 37.9 Å². The summed E-state index contributed by atoms with van der Waals surface area (Å²) < 4.78 is 16.2. The smallest absolute Gasteiger partial charge is 0.253 e. The minimum atomic E-state index is -1.22. The standard InChI is InChI=1S/C22H25NO5/c1-5-11-28-19-9-8-18(14-20(19)26-4)27-12-10-23-22(25)21(24)17-7-6-15(2)16(3)13-17/h1,6-9,13-14,21,24H,10-12H2,2-4H3,(H,23,25). The summed E-state index contributed by atoms with van der Waals surface area (Å²) in [5.74, 6) is 3.51. The van der Waals surface area contributed by atoms with Crippen LogP contribution in [-0.2, 0) is 4.79 Å². The maximum atomic E-state index is 12.1. The molecule has 0 aliphatic carbocycles. The molecule has 148 valence electrons. The van der Waals surface area contributed by atoms with E-state index in [1.807, 2.05) is 26.0 Å². The molecule has 0 spiro atoms. The Labute approximate surface area is 165 Å². The zero-order valence-corrected chi connectivity index (χ0v) is 16.3. The maximum Gasteiger partial charge on any atom is 0.253 e. The number of nitrogens with one attached hydrogen (secondary N) is 1. The summed E-state index contributed by atoms with van der Waals surface area (Å²) in [7, 11) is 1.52. The van der Waals surface area contributed by atoms with E-state index in [2.05, 4.69) is 11.2 Å². The van der Waals surface area contributed by atoms with E-state index in [4.69, 9.17) is 20.6 Å². The van der Waals surface area contributed by atoms with Crippen LogP contribution in [0, 0.1) is 26.2 Å². The number of terminal acetylenes is 1. The number of hydrogen-bond acceptors (Lipinski definition) is 5. The Hall–Kier alpha value is -3.17. The van der Waals surface area contributed by atoms with Gasteiger partial charge in [0.1, 0.15) is 19.0 Å². The normalized spacial score (nSPS) is 11.2. The first-order valence-electron chi connectivity index (χ1n) is 8.86. The third-order valence-corrected chi connectivity index (χ3v) is 4.21. The maximum absolute atomic E-state index is 12.1. The number of aryl methyl sites for hydroxylation is 2. The minimum absolute atomic E-state index is 0.144. The number of amides is 1. The number of methoxy groups -OCH3 is 1. The van der Waals surface area contributed by atoms with E-state index < -0.39 is 12.0 Å². The van der Waals surface area contributed by atoms with Crippen LogP contribution in [0.25, 0.3) is 0 Å².